The van der Waals surface area contributed by atoms with Crippen LogP contribution in [0.15, 0.2) is 11.4 Å². The number of rotatable bonds is 3. The third-order valence-electron chi connectivity index (χ3n) is 1.59. The van der Waals surface area contributed by atoms with Crippen LogP contribution >= 0.6 is 11.3 Å². The van der Waals surface area contributed by atoms with Crippen molar-refractivity contribution in [3.05, 3.63) is 17.0 Å². The molecule has 0 unspecified atom stereocenters. The molecule has 0 radical (unpaired) electrons. The molecule has 1 aromatic heterocycles. The fourth-order valence-electron chi connectivity index (χ4n) is 0.827. The van der Waals surface area contributed by atoms with Crippen LogP contribution in [0.1, 0.15) is 18.9 Å². The number of Topliss-reactive ketones (excluding diaryl/α,β-unsaturated/α-hetero) is 1. The first-order chi connectivity index (χ1) is 6.69. The van der Waals surface area contributed by atoms with E-state index in [1.807, 2.05) is 6.07 Å². The van der Waals surface area contributed by atoms with Crippen LogP contribution in [0.5, 0.6) is 0 Å². The van der Waals surface area contributed by atoms with Gasteiger partial charge in [-0.2, -0.15) is 5.26 Å². The van der Waals surface area contributed by atoms with Gasteiger partial charge in [0.15, 0.2) is 0 Å². The van der Waals surface area contributed by atoms with E-state index in [0.29, 0.717) is 10.6 Å². The van der Waals surface area contributed by atoms with Gasteiger partial charge in [-0.05, 0) is 11.4 Å². The maximum Gasteiger partial charge on any atom is 0.292 e. The quantitative estimate of drug-likeness (QED) is 0.766. The van der Waals surface area contributed by atoms with Gasteiger partial charge in [0.2, 0.25) is 5.78 Å². The fraction of sp³-hybridized carbons (Fsp3) is 0.222. The van der Waals surface area contributed by atoms with Crippen molar-refractivity contribution in [1.82, 2.24) is 0 Å². The molecule has 0 aliphatic rings. The molecule has 0 aliphatic heterocycles. The summed E-state index contributed by atoms with van der Waals surface area (Å²) in [5.74, 6) is -1.14. The molecule has 0 bridgehead atoms. The largest absolute Gasteiger partial charge is 0.310 e. The third-order valence-corrected chi connectivity index (χ3v) is 2.42. The van der Waals surface area contributed by atoms with Gasteiger partial charge in [0.25, 0.3) is 5.91 Å². The molecular formula is C9H8N2O2S. The van der Waals surface area contributed by atoms with Crippen LogP contribution in [0.4, 0.5) is 5.00 Å². The second-order valence-electron chi connectivity index (χ2n) is 2.51. The fourth-order valence-corrected chi connectivity index (χ4v) is 1.56. The number of ketones is 1. The van der Waals surface area contributed by atoms with E-state index in [9.17, 15) is 9.59 Å². The van der Waals surface area contributed by atoms with Crippen molar-refractivity contribution in [2.24, 2.45) is 0 Å². The zero-order valence-electron chi connectivity index (χ0n) is 7.53. The zero-order valence-corrected chi connectivity index (χ0v) is 8.35. The average Bonchev–Trinajstić information content (AvgIpc) is 2.63. The van der Waals surface area contributed by atoms with Crippen LogP contribution in [0.2, 0.25) is 0 Å². The lowest BCUT2D eigenvalue weighted by Gasteiger charge is -1.99. The molecule has 1 rings (SSSR count). The number of nitriles is 1. The lowest BCUT2D eigenvalue weighted by Crippen LogP contribution is -2.21. The van der Waals surface area contributed by atoms with Crippen molar-refractivity contribution >= 4 is 28.0 Å². The summed E-state index contributed by atoms with van der Waals surface area (Å²) in [6.07, 6.45) is 0.166. The Labute approximate surface area is 85.2 Å². The van der Waals surface area contributed by atoms with Crippen LogP contribution in [-0.4, -0.2) is 11.7 Å². The van der Waals surface area contributed by atoms with Gasteiger partial charge in [0.1, 0.15) is 11.1 Å². The molecule has 0 saturated carbocycles. The molecule has 0 fully saturated rings. The predicted molar refractivity (Wildman–Crippen MR) is 53.0 cm³/mol. The molecule has 0 spiro atoms. The van der Waals surface area contributed by atoms with E-state index in [0.717, 1.165) is 0 Å². The first kappa shape index (κ1) is 10.4. The van der Waals surface area contributed by atoms with E-state index in [-0.39, 0.29) is 6.42 Å². The highest BCUT2D eigenvalue weighted by atomic mass is 32.1. The monoisotopic (exact) mass is 208 g/mol. The number of nitrogens with zero attached hydrogens (tertiary/aromatic N) is 1. The maximum atomic E-state index is 11.1. The molecule has 4 nitrogen and oxygen atoms in total. The van der Waals surface area contributed by atoms with Crippen molar-refractivity contribution in [3.8, 4) is 6.07 Å². The Morgan fingerprint density at radius 2 is 2.36 bits per heavy atom. The Hall–Kier alpha value is -1.67. The SMILES string of the molecule is CCC(=O)C(=O)Nc1sccc1C#N. The molecule has 1 amide bonds. The van der Waals surface area contributed by atoms with E-state index in [2.05, 4.69) is 5.32 Å². The molecule has 0 aromatic carbocycles. The minimum atomic E-state index is -0.661. The molecule has 0 saturated heterocycles. The van der Waals surface area contributed by atoms with Crippen LogP contribution < -0.4 is 5.32 Å². The predicted octanol–water partition coefficient (Wildman–Crippen LogP) is 1.54. The Kier molecular flexibility index (Phi) is 3.37. The average molecular weight is 208 g/mol. The van der Waals surface area contributed by atoms with Crippen LogP contribution in [0, 0.1) is 11.3 Å². The summed E-state index contributed by atoms with van der Waals surface area (Å²) < 4.78 is 0. The minimum Gasteiger partial charge on any atom is -0.310 e. The van der Waals surface area contributed by atoms with E-state index in [1.165, 1.54) is 11.3 Å². The van der Waals surface area contributed by atoms with Crippen molar-refractivity contribution in [2.45, 2.75) is 13.3 Å². The summed E-state index contributed by atoms with van der Waals surface area (Å²) in [4.78, 5) is 22.1. The highest BCUT2D eigenvalue weighted by Gasteiger charge is 2.13. The second-order valence-corrected chi connectivity index (χ2v) is 3.42. The van der Waals surface area contributed by atoms with Gasteiger partial charge in [-0.25, -0.2) is 0 Å². The van der Waals surface area contributed by atoms with Gasteiger partial charge in [0, 0.05) is 6.42 Å². The summed E-state index contributed by atoms with van der Waals surface area (Å²) in [6.45, 7) is 1.61. The van der Waals surface area contributed by atoms with Gasteiger partial charge < -0.3 is 5.32 Å². The van der Waals surface area contributed by atoms with Crippen molar-refractivity contribution in [2.75, 3.05) is 5.32 Å². The first-order valence-corrected chi connectivity index (χ1v) is 4.88. The number of nitrogens with one attached hydrogen (secondary N) is 1. The molecule has 5 heteroatoms. The lowest BCUT2D eigenvalue weighted by molar-refractivity contribution is -0.134. The summed E-state index contributed by atoms with van der Waals surface area (Å²) in [6, 6.07) is 3.52. The van der Waals surface area contributed by atoms with E-state index >= 15 is 0 Å². The number of amides is 1. The van der Waals surface area contributed by atoms with Gasteiger partial charge in [0.05, 0.1) is 5.56 Å². The van der Waals surface area contributed by atoms with Gasteiger partial charge in [-0.3, -0.25) is 9.59 Å². The maximum absolute atomic E-state index is 11.1. The van der Waals surface area contributed by atoms with Crippen molar-refractivity contribution < 1.29 is 9.59 Å². The van der Waals surface area contributed by atoms with E-state index < -0.39 is 11.7 Å². The minimum absolute atomic E-state index is 0.166. The third kappa shape index (κ3) is 2.18. The molecule has 0 aliphatic carbocycles. The highest BCUT2D eigenvalue weighted by molar-refractivity contribution is 7.14. The van der Waals surface area contributed by atoms with Gasteiger partial charge >= 0.3 is 0 Å². The van der Waals surface area contributed by atoms with Crippen LogP contribution in [0.25, 0.3) is 0 Å². The number of carbonyl (C=O) groups is 2. The molecule has 0 atom stereocenters. The molecular weight excluding hydrogens is 200 g/mol. The van der Waals surface area contributed by atoms with Gasteiger partial charge in [-0.1, -0.05) is 6.92 Å². The van der Waals surface area contributed by atoms with E-state index in [4.69, 9.17) is 5.26 Å². The Morgan fingerprint density at radius 1 is 1.64 bits per heavy atom. The molecule has 72 valence electrons. The number of hydrogen-bond donors (Lipinski definition) is 1. The topological polar surface area (TPSA) is 70.0 Å². The summed E-state index contributed by atoms with van der Waals surface area (Å²) in [5.41, 5.74) is 0.382. The molecule has 1 N–H and O–H groups in total. The Balaban J connectivity index is 2.75. The van der Waals surface area contributed by atoms with Gasteiger partial charge in [-0.15, -0.1) is 11.3 Å². The normalized spacial score (nSPS) is 9.14. The van der Waals surface area contributed by atoms with Crippen molar-refractivity contribution in [3.63, 3.8) is 0 Å². The smallest absolute Gasteiger partial charge is 0.292 e. The molecule has 1 heterocycles. The van der Waals surface area contributed by atoms with Crippen LogP contribution in [0.3, 0.4) is 0 Å². The number of thiophene rings is 1. The lowest BCUT2D eigenvalue weighted by atomic mass is 10.3. The summed E-state index contributed by atoms with van der Waals surface area (Å²) in [5, 5.41) is 13.2. The van der Waals surface area contributed by atoms with Crippen molar-refractivity contribution in [1.29, 1.82) is 5.26 Å². The summed E-state index contributed by atoms with van der Waals surface area (Å²) >= 11 is 1.22. The van der Waals surface area contributed by atoms with E-state index in [1.54, 1.807) is 18.4 Å². The number of carbonyl (C=O) groups excluding carboxylic acids is 2. The standard InChI is InChI=1S/C9H8N2O2S/c1-2-7(12)8(13)11-9-6(5-10)3-4-14-9/h3-4H,2H2,1H3,(H,11,13). The van der Waals surface area contributed by atoms with Crippen LogP contribution in [-0.2, 0) is 9.59 Å². The Bertz CT molecular complexity index is 403. The molecule has 14 heavy (non-hydrogen) atoms. The number of hydrogen-bond acceptors (Lipinski definition) is 4. The summed E-state index contributed by atoms with van der Waals surface area (Å²) in [7, 11) is 0. The first-order valence-electron chi connectivity index (χ1n) is 4.00. The zero-order chi connectivity index (χ0) is 10.6. The number of anilines is 1. The Morgan fingerprint density at radius 3 is 2.93 bits per heavy atom. The second kappa shape index (κ2) is 4.53. The molecule has 1 aromatic rings. The highest BCUT2D eigenvalue weighted by Crippen LogP contribution is 2.21.